The van der Waals surface area contributed by atoms with E-state index < -0.39 is 11.6 Å². The highest BCUT2D eigenvalue weighted by Crippen LogP contribution is 2.46. The lowest BCUT2D eigenvalue weighted by Crippen LogP contribution is -2.36. The Balaban J connectivity index is 1.25. The minimum atomic E-state index is -0.658. The van der Waals surface area contributed by atoms with E-state index in [2.05, 4.69) is 19.9 Å². The van der Waals surface area contributed by atoms with Crippen LogP contribution >= 0.6 is 23.3 Å². The van der Waals surface area contributed by atoms with Crippen LogP contribution in [0.15, 0.2) is 71.8 Å². The number of nitrogens with zero attached hydrogens (tertiary/aromatic N) is 4. The van der Waals surface area contributed by atoms with Crippen LogP contribution in [0, 0.1) is 11.6 Å². The highest BCUT2D eigenvalue weighted by molar-refractivity contribution is 8.00. The van der Waals surface area contributed by atoms with E-state index in [1.54, 1.807) is 19.4 Å². The Kier molecular flexibility index (Phi) is 8.72. The lowest BCUT2D eigenvalue weighted by Gasteiger charge is -2.26. The third kappa shape index (κ3) is 6.23. The van der Waals surface area contributed by atoms with Crippen LogP contribution in [0.3, 0.4) is 0 Å². The quantitative estimate of drug-likeness (QED) is 0.159. The second-order valence-corrected chi connectivity index (χ2v) is 12.0. The number of halogens is 2. The molecule has 46 heavy (non-hydrogen) atoms. The van der Waals surface area contributed by atoms with Crippen molar-refractivity contribution in [2.24, 2.45) is 0 Å². The number of morpholine rings is 1. The van der Waals surface area contributed by atoms with Gasteiger partial charge in [-0.05, 0) is 54.4 Å². The van der Waals surface area contributed by atoms with Gasteiger partial charge in [-0.1, -0.05) is 23.5 Å². The van der Waals surface area contributed by atoms with Gasteiger partial charge < -0.3 is 33.9 Å². The van der Waals surface area contributed by atoms with Gasteiger partial charge in [0.15, 0.2) is 22.4 Å². The normalized spacial score (nSPS) is 14.2. The molecule has 0 spiro atoms. The summed E-state index contributed by atoms with van der Waals surface area (Å²) in [5, 5.41) is 4.08. The number of ether oxygens (including phenoxy) is 4. The molecule has 5 aromatic rings. The Hall–Kier alpha value is -4.66. The fourth-order valence-corrected chi connectivity index (χ4v) is 6.87. The van der Waals surface area contributed by atoms with Crippen molar-refractivity contribution in [3.05, 3.63) is 78.5 Å². The molecule has 0 unspecified atom stereocenters. The molecule has 2 aliphatic heterocycles. The number of hydrogen-bond donors (Lipinski definition) is 2. The predicted octanol–water partition coefficient (Wildman–Crippen LogP) is 7.02. The molecule has 3 aromatic carbocycles. The van der Waals surface area contributed by atoms with Crippen LogP contribution < -0.4 is 29.1 Å². The van der Waals surface area contributed by atoms with Crippen molar-refractivity contribution >= 4 is 45.7 Å². The minimum Gasteiger partial charge on any atom is -0.494 e. The number of thiazole rings is 1. The molecular formula is C32H28F2N6O4S2. The summed E-state index contributed by atoms with van der Waals surface area (Å²) in [6.07, 6.45) is 1.69. The molecule has 2 N–H and O–H groups in total. The molecule has 0 amide bonds. The Bertz CT molecular complexity index is 1850. The lowest BCUT2D eigenvalue weighted by molar-refractivity contribution is 0.122. The van der Waals surface area contributed by atoms with Gasteiger partial charge in [-0.3, -0.25) is 0 Å². The van der Waals surface area contributed by atoms with Gasteiger partial charge in [-0.25, -0.2) is 23.7 Å². The third-order valence-electron chi connectivity index (χ3n) is 7.24. The highest BCUT2D eigenvalue weighted by atomic mass is 32.2. The van der Waals surface area contributed by atoms with Crippen LogP contribution in [0.1, 0.15) is 0 Å². The predicted molar refractivity (Wildman–Crippen MR) is 175 cm³/mol. The van der Waals surface area contributed by atoms with Gasteiger partial charge in [-0.2, -0.15) is 0 Å². The van der Waals surface area contributed by atoms with E-state index in [0.717, 1.165) is 27.6 Å². The van der Waals surface area contributed by atoms with E-state index in [0.29, 0.717) is 85.4 Å². The molecule has 0 radical (unpaired) electrons. The number of fused-ring (bicyclic) bond motifs is 1. The molecule has 0 saturated carbocycles. The average molecular weight is 663 g/mol. The first kappa shape index (κ1) is 30.0. The molecule has 236 valence electrons. The lowest BCUT2D eigenvalue weighted by atomic mass is 10.1. The second-order valence-electron chi connectivity index (χ2n) is 10.2. The summed E-state index contributed by atoms with van der Waals surface area (Å²) in [5.74, 6) is 0.897. The fourth-order valence-electron chi connectivity index (χ4n) is 5.06. The summed E-state index contributed by atoms with van der Waals surface area (Å²) in [6.45, 7) is 3.62. The number of aromatic nitrogens is 3. The molecule has 0 aliphatic carbocycles. The van der Waals surface area contributed by atoms with Crippen LogP contribution in [0.2, 0.25) is 0 Å². The smallest absolute Gasteiger partial charge is 0.227 e. The zero-order chi connectivity index (χ0) is 31.5. The van der Waals surface area contributed by atoms with Crippen molar-refractivity contribution in [2.75, 3.05) is 61.6 Å². The van der Waals surface area contributed by atoms with E-state index in [9.17, 15) is 8.78 Å². The largest absolute Gasteiger partial charge is 0.494 e. The van der Waals surface area contributed by atoms with Crippen molar-refractivity contribution in [1.82, 2.24) is 15.0 Å². The maximum atomic E-state index is 14.4. The number of rotatable bonds is 9. The van der Waals surface area contributed by atoms with Crippen molar-refractivity contribution < 1.29 is 27.7 Å². The summed E-state index contributed by atoms with van der Waals surface area (Å²) in [5.41, 5.74) is 3.28. The van der Waals surface area contributed by atoms with E-state index >= 15 is 0 Å². The SMILES string of the molecule is COc1c(NSc2c(F)cccc2F)cccc1-c1nc(N2CCOCC2)sc1-c1ccnc(Nc2ccc3c(c2)OCCO3)n1. The number of hydrogen-bond acceptors (Lipinski definition) is 12. The Labute approximate surface area is 271 Å². The molecular weight excluding hydrogens is 635 g/mol. The summed E-state index contributed by atoms with van der Waals surface area (Å²) < 4.78 is 54.6. The zero-order valence-electron chi connectivity index (χ0n) is 24.6. The Morgan fingerprint density at radius 1 is 0.913 bits per heavy atom. The fraction of sp³-hybridized carbons (Fsp3) is 0.219. The first-order valence-corrected chi connectivity index (χ1v) is 16.1. The molecule has 0 atom stereocenters. The maximum Gasteiger partial charge on any atom is 0.227 e. The summed E-state index contributed by atoms with van der Waals surface area (Å²) in [7, 11) is 1.55. The van der Waals surface area contributed by atoms with Gasteiger partial charge in [0.2, 0.25) is 5.95 Å². The minimum absolute atomic E-state index is 0.141. The molecule has 1 saturated heterocycles. The second kappa shape index (κ2) is 13.4. The molecule has 0 bridgehead atoms. The van der Waals surface area contributed by atoms with Gasteiger partial charge in [-0.15, -0.1) is 0 Å². The number of anilines is 4. The molecule has 2 aromatic heterocycles. The van der Waals surface area contributed by atoms with Gasteiger partial charge in [0, 0.05) is 36.6 Å². The molecule has 1 fully saturated rings. The average Bonchev–Trinajstić information content (AvgIpc) is 3.54. The van der Waals surface area contributed by atoms with E-state index in [1.807, 2.05) is 36.4 Å². The Morgan fingerprint density at radius 2 is 1.70 bits per heavy atom. The van der Waals surface area contributed by atoms with Gasteiger partial charge in [0.05, 0.1) is 47.2 Å². The number of nitrogens with one attached hydrogen (secondary N) is 2. The number of methoxy groups -OCH3 is 1. The van der Waals surface area contributed by atoms with Crippen molar-refractivity contribution in [3.63, 3.8) is 0 Å². The molecule has 7 rings (SSSR count). The summed E-state index contributed by atoms with van der Waals surface area (Å²) in [6, 6.07) is 16.7. The summed E-state index contributed by atoms with van der Waals surface area (Å²) in [4.78, 5) is 17.2. The molecule has 2 aliphatic rings. The van der Waals surface area contributed by atoms with Crippen LogP contribution in [0.25, 0.3) is 21.8 Å². The van der Waals surface area contributed by atoms with Gasteiger partial charge in [0.25, 0.3) is 0 Å². The topological polar surface area (TPSA) is 103 Å². The standard InChI is InChI=1S/C32H28F2N6O4S2/c1-41-28-20(4-2-7-23(28)39-46-29-21(33)5-3-6-22(29)34)27-30(45-32(38-27)40-12-14-42-15-13-40)24-10-11-35-31(37-24)36-19-8-9-25-26(18-19)44-17-16-43-25/h2-11,18,39H,12-17H2,1H3,(H,35,36,37). The summed E-state index contributed by atoms with van der Waals surface area (Å²) >= 11 is 2.35. The van der Waals surface area contributed by atoms with E-state index in [4.69, 9.17) is 28.9 Å². The van der Waals surface area contributed by atoms with Crippen LogP contribution in [-0.2, 0) is 4.74 Å². The first-order valence-electron chi connectivity index (χ1n) is 14.5. The third-order valence-corrected chi connectivity index (χ3v) is 9.30. The van der Waals surface area contributed by atoms with Crippen LogP contribution in [-0.4, -0.2) is 61.6 Å². The highest BCUT2D eigenvalue weighted by Gasteiger charge is 2.25. The van der Waals surface area contributed by atoms with Crippen molar-refractivity contribution in [2.45, 2.75) is 4.90 Å². The number of benzene rings is 3. The maximum absolute atomic E-state index is 14.4. The van der Waals surface area contributed by atoms with E-state index in [-0.39, 0.29) is 4.90 Å². The molecule has 4 heterocycles. The Morgan fingerprint density at radius 3 is 2.50 bits per heavy atom. The van der Waals surface area contributed by atoms with Gasteiger partial charge >= 0.3 is 0 Å². The van der Waals surface area contributed by atoms with Crippen LogP contribution in [0.5, 0.6) is 17.2 Å². The zero-order valence-corrected chi connectivity index (χ0v) is 26.2. The first-order chi connectivity index (χ1) is 22.6. The molecule has 10 nitrogen and oxygen atoms in total. The van der Waals surface area contributed by atoms with E-state index in [1.165, 1.54) is 29.5 Å². The number of para-hydroxylation sites is 1. The van der Waals surface area contributed by atoms with Crippen LogP contribution in [0.4, 0.5) is 31.2 Å². The molecule has 14 heteroatoms. The van der Waals surface area contributed by atoms with Crippen molar-refractivity contribution in [1.29, 1.82) is 0 Å². The monoisotopic (exact) mass is 662 g/mol. The van der Waals surface area contributed by atoms with Gasteiger partial charge in [0.1, 0.15) is 24.8 Å². The van der Waals surface area contributed by atoms with Crippen molar-refractivity contribution in [3.8, 4) is 39.1 Å².